The fourth-order valence-corrected chi connectivity index (χ4v) is 1.98. The van der Waals surface area contributed by atoms with E-state index in [2.05, 4.69) is 20.5 Å². The summed E-state index contributed by atoms with van der Waals surface area (Å²) in [5, 5.41) is 16.0. The van der Waals surface area contributed by atoms with Crippen LogP contribution in [0.15, 0.2) is 48.7 Å². The van der Waals surface area contributed by atoms with Gasteiger partial charge in [0, 0.05) is 6.07 Å². The molecule has 0 fully saturated rings. The number of hydrogen-bond acceptors (Lipinski definition) is 6. The highest BCUT2D eigenvalue weighted by Gasteiger charge is 2.17. The Balaban J connectivity index is 1.95. The average Bonchev–Trinajstić information content (AvgIpc) is 3.04. The first-order chi connectivity index (χ1) is 10.3. The molecule has 2 heterocycles. The fourth-order valence-electron chi connectivity index (χ4n) is 1.98. The van der Waals surface area contributed by atoms with Gasteiger partial charge in [-0.15, -0.1) is 15.3 Å². The van der Waals surface area contributed by atoms with Crippen LogP contribution in [0.1, 0.15) is 17.4 Å². The van der Waals surface area contributed by atoms with Gasteiger partial charge in [-0.1, -0.05) is 23.4 Å². The van der Waals surface area contributed by atoms with Crippen LogP contribution >= 0.6 is 0 Å². The Morgan fingerprint density at radius 3 is 2.57 bits per heavy atom. The molecular weight excluding hydrogens is 268 g/mol. The fraction of sp³-hybridized carbons (Fsp3) is 0.143. The minimum atomic E-state index is -0.474. The van der Waals surface area contributed by atoms with Crippen LogP contribution in [0.25, 0.3) is 5.69 Å². The summed E-state index contributed by atoms with van der Waals surface area (Å²) < 4.78 is 6.68. The summed E-state index contributed by atoms with van der Waals surface area (Å²) in [6, 6.07) is 12.7. The van der Waals surface area contributed by atoms with E-state index in [9.17, 15) is 0 Å². The number of hydrogen-bond donors (Lipinski definition) is 1. The van der Waals surface area contributed by atoms with Crippen molar-refractivity contribution in [3.8, 4) is 11.6 Å². The topological polar surface area (TPSA) is 91.7 Å². The van der Waals surface area contributed by atoms with Gasteiger partial charge in [0.15, 0.2) is 0 Å². The second kappa shape index (κ2) is 5.68. The zero-order valence-electron chi connectivity index (χ0n) is 11.4. The van der Waals surface area contributed by atoms with Crippen LogP contribution in [0, 0.1) is 0 Å². The standard InChI is InChI=1S/C14H14N6O/c1-21-13-8-7-11(17-18-13)14(15)12-9-16-19-20(12)10-5-3-2-4-6-10/h2-9,14H,15H2,1H3. The Morgan fingerprint density at radius 1 is 1.10 bits per heavy atom. The lowest BCUT2D eigenvalue weighted by Gasteiger charge is -2.12. The third-order valence-corrected chi connectivity index (χ3v) is 3.08. The smallest absolute Gasteiger partial charge is 0.233 e. The predicted octanol–water partition coefficient (Wildman–Crippen LogP) is 1.11. The molecule has 0 saturated heterocycles. The van der Waals surface area contributed by atoms with Gasteiger partial charge in [0.2, 0.25) is 5.88 Å². The van der Waals surface area contributed by atoms with Gasteiger partial charge in [-0.05, 0) is 18.2 Å². The SMILES string of the molecule is COc1ccc(C(N)c2cnnn2-c2ccccc2)nn1. The van der Waals surface area contributed by atoms with Crippen LogP contribution in [0.3, 0.4) is 0 Å². The monoisotopic (exact) mass is 282 g/mol. The van der Waals surface area contributed by atoms with E-state index in [1.54, 1.807) is 23.0 Å². The largest absolute Gasteiger partial charge is 0.480 e. The molecule has 21 heavy (non-hydrogen) atoms. The number of ether oxygens (including phenoxy) is 1. The molecule has 1 atom stereocenters. The van der Waals surface area contributed by atoms with Gasteiger partial charge in [0.1, 0.15) is 0 Å². The molecule has 0 aliphatic rings. The average molecular weight is 282 g/mol. The molecular formula is C14H14N6O. The van der Waals surface area contributed by atoms with Gasteiger partial charge < -0.3 is 10.5 Å². The summed E-state index contributed by atoms with van der Waals surface area (Å²) in [6.45, 7) is 0. The van der Waals surface area contributed by atoms with E-state index in [0.717, 1.165) is 11.4 Å². The van der Waals surface area contributed by atoms with Gasteiger partial charge in [-0.2, -0.15) is 0 Å². The van der Waals surface area contributed by atoms with Crippen LogP contribution in [-0.4, -0.2) is 32.3 Å². The van der Waals surface area contributed by atoms with E-state index >= 15 is 0 Å². The van der Waals surface area contributed by atoms with Crippen molar-refractivity contribution in [1.82, 2.24) is 25.2 Å². The van der Waals surface area contributed by atoms with Crippen LogP contribution in [0.2, 0.25) is 0 Å². The lowest BCUT2D eigenvalue weighted by molar-refractivity contribution is 0.390. The number of rotatable bonds is 4. The molecule has 0 aliphatic carbocycles. The molecule has 0 aliphatic heterocycles. The quantitative estimate of drug-likeness (QED) is 0.770. The molecule has 2 aromatic heterocycles. The minimum absolute atomic E-state index is 0.445. The lowest BCUT2D eigenvalue weighted by Crippen LogP contribution is -2.18. The van der Waals surface area contributed by atoms with Crippen molar-refractivity contribution < 1.29 is 4.74 Å². The molecule has 106 valence electrons. The molecule has 2 N–H and O–H groups in total. The summed E-state index contributed by atoms with van der Waals surface area (Å²) in [5.74, 6) is 0.445. The van der Waals surface area contributed by atoms with Crippen LogP contribution in [0.4, 0.5) is 0 Å². The normalized spacial score (nSPS) is 12.1. The summed E-state index contributed by atoms with van der Waals surface area (Å²) in [6.07, 6.45) is 1.63. The number of methoxy groups -OCH3 is 1. The summed E-state index contributed by atoms with van der Waals surface area (Å²) in [4.78, 5) is 0. The van der Waals surface area contributed by atoms with Crippen molar-refractivity contribution in [3.05, 3.63) is 60.0 Å². The van der Waals surface area contributed by atoms with E-state index in [1.165, 1.54) is 7.11 Å². The molecule has 0 radical (unpaired) electrons. The maximum Gasteiger partial charge on any atom is 0.233 e. The van der Waals surface area contributed by atoms with Crippen molar-refractivity contribution in [3.63, 3.8) is 0 Å². The molecule has 1 aromatic carbocycles. The molecule has 7 nitrogen and oxygen atoms in total. The Labute approximate surface area is 121 Å². The van der Waals surface area contributed by atoms with E-state index in [1.807, 2.05) is 30.3 Å². The van der Waals surface area contributed by atoms with E-state index in [-0.39, 0.29) is 0 Å². The van der Waals surface area contributed by atoms with Gasteiger partial charge >= 0.3 is 0 Å². The molecule has 0 bridgehead atoms. The van der Waals surface area contributed by atoms with Crippen molar-refractivity contribution in [2.24, 2.45) is 5.73 Å². The summed E-state index contributed by atoms with van der Waals surface area (Å²) in [5.41, 5.74) is 8.49. The number of nitrogens with two attached hydrogens (primary N) is 1. The van der Waals surface area contributed by atoms with Gasteiger partial charge in [-0.3, -0.25) is 0 Å². The van der Waals surface area contributed by atoms with Crippen molar-refractivity contribution >= 4 is 0 Å². The van der Waals surface area contributed by atoms with E-state index < -0.39 is 6.04 Å². The van der Waals surface area contributed by atoms with Crippen molar-refractivity contribution in [1.29, 1.82) is 0 Å². The highest BCUT2D eigenvalue weighted by atomic mass is 16.5. The van der Waals surface area contributed by atoms with Crippen LogP contribution in [-0.2, 0) is 0 Å². The molecule has 3 aromatic rings. The van der Waals surface area contributed by atoms with E-state index in [4.69, 9.17) is 10.5 Å². The molecule has 7 heteroatoms. The van der Waals surface area contributed by atoms with Gasteiger partial charge in [0.25, 0.3) is 0 Å². The van der Waals surface area contributed by atoms with Crippen molar-refractivity contribution in [2.45, 2.75) is 6.04 Å². The Hall–Kier alpha value is -2.80. The third kappa shape index (κ3) is 2.59. The minimum Gasteiger partial charge on any atom is -0.480 e. The third-order valence-electron chi connectivity index (χ3n) is 3.08. The first-order valence-electron chi connectivity index (χ1n) is 6.39. The molecule has 0 saturated carbocycles. The summed E-state index contributed by atoms with van der Waals surface area (Å²) >= 11 is 0. The maximum absolute atomic E-state index is 6.25. The lowest BCUT2D eigenvalue weighted by atomic mass is 10.1. The van der Waals surface area contributed by atoms with Crippen molar-refractivity contribution in [2.75, 3.05) is 7.11 Å². The Morgan fingerprint density at radius 2 is 1.90 bits per heavy atom. The molecule has 0 amide bonds. The summed E-state index contributed by atoms with van der Waals surface area (Å²) in [7, 11) is 1.54. The zero-order valence-corrected chi connectivity index (χ0v) is 11.4. The Bertz CT molecular complexity index is 710. The number of nitrogens with zero attached hydrogens (tertiary/aromatic N) is 5. The molecule has 1 unspecified atom stereocenters. The van der Waals surface area contributed by atoms with E-state index in [0.29, 0.717) is 11.6 Å². The first-order valence-corrected chi connectivity index (χ1v) is 6.39. The second-order valence-electron chi connectivity index (χ2n) is 4.38. The van der Waals surface area contributed by atoms with Gasteiger partial charge in [-0.25, -0.2) is 4.68 Å². The Kier molecular flexibility index (Phi) is 3.57. The maximum atomic E-state index is 6.25. The number of para-hydroxylation sites is 1. The predicted molar refractivity (Wildman–Crippen MR) is 76.0 cm³/mol. The molecule has 0 spiro atoms. The second-order valence-corrected chi connectivity index (χ2v) is 4.38. The highest BCUT2D eigenvalue weighted by molar-refractivity contribution is 5.34. The molecule has 3 rings (SSSR count). The number of aromatic nitrogens is 5. The zero-order chi connectivity index (χ0) is 14.7. The van der Waals surface area contributed by atoms with Gasteiger partial charge in [0.05, 0.1) is 36.4 Å². The number of benzene rings is 1. The highest BCUT2D eigenvalue weighted by Crippen LogP contribution is 2.20. The van der Waals surface area contributed by atoms with Crippen LogP contribution < -0.4 is 10.5 Å². The first kappa shape index (κ1) is 13.2. The van der Waals surface area contributed by atoms with Crippen LogP contribution in [0.5, 0.6) is 5.88 Å².